The lowest BCUT2D eigenvalue weighted by Crippen LogP contribution is -2.40. The number of benzene rings is 1. The number of carbonyl (C=O) groups excluding carboxylic acids is 3. The van der Waals surface area contributed by atoms with Gasteiger partial charge in [0, 0.05) is 38.3 Å². The summed E-state index contributed by atoms with van der Waals surface area (Å²) in [6, 6.07) is 9.07. The van der Waals surface area contributed by atoms with Crippen molar-refractivity contribution in [2.75, 3.05) is 44.6 Å². The fraction of sp³-hybridized carbons (Fsp3) is 0.522. The molecular formula is C23H32N6O3S. The molecule has 2 N–H and O–H groups in total. The first-order valence-corrected chi connectivity index (χ1v) is 12.3. The lowest BCUT2D eigenvalue weighted by molar-refractivity contribution is -0.122. The van der Waals surface area contributed by atoms with Crippen molar-refractivity contribution in [1.29, 1.82) is 0 Å². The van der Waals surface area contributed by atoms with Crippen molar-refractivity contribution < 1.29 is 14.4 Å². The molecule has 0 radical (unpaired) electrons. The first-order chi connectivity index (χ1) is 16.0. The lowest BCUT2D eigenvalue weighted by atomic mass is 9.93. The van der Waals surface area contributed by atoms with Gasteiger partial charge in [-0.1, -0.05) is 43.4 Å². The van der Waals surface area contributed by atoms with E-state index < -0.39 is 0 Å². The van der Waals surface area contributed by atoms with E-state index in [-0.39, 0.29) is 33.7 Å². The number of piperidine rings is 1. The second-order valence-corrected chi connectivity index (χ2v) is 9.03. The number of amides is 3. The summed E-state index contributed by atoms with van der Waals surface area (Å²) in [5.74, 6) is -0.258. The van der Waals surface area contributed by atoms with Crippen LogP contribution in [0.15, 0.2) is 30.3 Å². The maximum absolute atomic E-state index is 12.8. The molecule has 2 heterocycles. The number of hydrogen-bond donors (Lipinski definition) is 2. The van der Waals surface area contributed by atoms with E-state index in [1.165, 1.54) is 0 Å². The molecule has 0 unspecified atom stereocenters. The van der Waals surface area contributed by atoms with E-state index >= 15 is 0 Å². The highest BCUT2D eigenvalue weighted by Gasteiger charge is 2.27. The average molecular weight is 473 g/mol. The van der Waals surface area contributed by atoms with Crippen molar-refractivity contribution in [3.8, 4) is 0 Å². The molecule has 0 atom stereocenters. The Hall–Kier alpha value is -2.85. The lowest BCUT2D eigenvalue weighted by Gasteiger charge is -2.31. The van der Waals surface area contributed by atoms with Crippen LogP contribution in [0.1, 0.15) is 52.7 Å². The van der Waals surface area contributed by atoms with Gasteiger partial charge in [0.05, 0.1) is 0 Å². The number of nitrogens with zero attached hydrogens (tertiary/aromatic N) is 4. The Bertz CT molecular complexity index is 923. The molecule has 33 heavy (non-hydrogen) atoms. The van der Waals surface area contributed by atoms with Crippen LogP contribution in [0.5, 0.6) is 0 Å². The summed E-state index contributed by atoms with van der Waals surface area (Å²) in [6.45, 7) is 8.85. The number of para-hydroxylation sites is 1. The molecule has 3 amide bonds. The zero-order chi connectivity index (χ0) is 23.6. The Kier molecular flexibility index (Phi) is 9.32. The Labute approximate surface area is 198 Å². The Morgan fingerprint density at radius 1 is 1.06 bits per heavy atom. The first kappa shape index (κ1) is 24.8. The molecular weight excluding hydrogens is 440 g/mol. The molecule has 0 saturated carbocycles. The highest BCUT2D eigenvalue weighted by Crippen LogP contribution is 2.23. The van der Waals surface area contributed by atoms with Crippen molar-refractivity contribution in [3.63, 3.8) is 0 Å². The number of rotatable bonds is 10. The maximum Gasteiger partial charge on any atom is 0.286 e. The minimum Gasteiger partial charge on any atom is -0.355 e. The van der Waals surface area contributed by atoms with Crippen LogP contribution in [0, 0.1) is 5.92 Å². The minimum atomic E-state index is -0.386. The molecule has 1 aromatic heterocycles. The van der Waals surface area contributed by atoms with Gasteiger partial charge in [-0.3, -0.25) is 14.4 Å². The van der Waals surface area contributed by atoms with Crippen LogP contribution in [0.25, 0.3) is 0 Å². The van der Waals surface area contributed by atoms with E-state index in [0.29, 0.717) is 31.7 Å². The average Bonchev–Trinajstić information content (AvgIpc) is 3.33. The maximum atomic E-state index is 12.8. The molecule has 3 rings (SSSR count). The minimum absolute atomic E-state index is 0.0742. The van der Waals surface area contributed by atoms with Gasteiger partial charge in [0.2, 0.25) is 15.9 Å². The zero-order valence-corrected chi connectivity index (χ0v) is 20.1. The van der Waals surface area contributed by atoms with Crippen molar-refractivity contribution in [3.05, 3.63) is 40.3 Å². The molecule has 1 aliphatic heterocycles. The summed E-state index contributed by atoms with van der Waals surface area (Å²) in [5, 5.41) is 13.9. The van der Waals surface area contributed by atoms with Crippen LogP contribution in [0.2, 0.25) is 0 Å². The van der Waals surface area contributed by atoms with Crippen molar-refractivity contribution in [2.24, 2.45) is 5.92 Å². The summed E-state index contributed by atoms with van der Waals surface area (Å²) in [5.41, 5.74) is 0.657. The number of likely N-dealkylation sites (tertiary alicyclic amines) is 1. The third-order valence-electron chi connectivity index (χ3n) is 5.85. The quantitative estimate of drug-likeness (QED) is 0.550. The van der Waals surface area contributed by atoms with E-state index in [2.05, 4.69) is 39.6 Å². The van der Waals surface area contributed by atoms with Gasteiger partial charge in [-0.15, -0.1) is 10.2 Å². The largest absolute Gasteiger partial charge is 0.355 e. The van der Waals surface area contributed by atoms with Crippen LogP contribution < -0.4 is 10.6 Å². The number of hydrogen-bond acceptors (Lipinski definition) is 7. The van der Waals surface area contributed by atoms with Gasteiger partial charge in [0.15, 0.2) is 0 Å². The van der Waals surface area contributed by atoms with Crippen LogP contribution >= 0.6 is 11.3 Å². The smallest absolute Gasteiger partial charge is 0.286 e. The van der Waals surface area contributed by atoms with Gasteiger partial charge in [-0.2, -0.15) is 0 Å². The van der Waals surface area contributed by atoms with E-state index in [0.717, 1.165) is 43.8 Å². The predicted octanol–water partition coefficient (Wildman–Crippen LogP) is 2.49. The topological polar surface area (TPSA) is 108 Å². The van der Waals surface area contributed by atoms with Crippen LogP contribution in [0.4, 0.5) is 5.69 Å². The third-order valence-corrected chi connectivity index (χ3v) is 6.76. The number of aromatic nitrogens is 2. The highest BCUT2D eigenvalue weighted by molar-refractivity contribution is 7.15. The van der Waals surface area contributed by atoms with E-state index in [1.54, 1.807) is 17.0 Å². The predicted molar refractivity (Wildman–Crippen MR) is 128 cm³/mol. The summed E-state index contributed by atoms with van der Waals surface area (Å²) in [7, 11) is 0. The van der Waals surface area contributed by atoms with Gasteiger partial charge in [0.25, 0.3) is 11.8 Å². The normalized spacial score (nSPS) is 14.3. The highest BCUT2D eigenvalue weighted by atomic mass is 32.1. The molecule has 2 aromatic rings. The summed E-state index contributed by atoms with van der Waals surface area (Å²) in [4.78, 5) is 41.4. The van der Waals surface area contributed by atoms with Gasteiger partial charge in [0.1, 0.15) is 0 Å². The summed E-state index contributed by atoms with van der Waals surface area (Å²) in [6.07, 6.45) is 2.04. The number of carbonyl (C=O) groups is 3. The molecule has 1 saturated heterocycles. The Balaban J connectivity index is 1.42. The van der Waals surface area contributed by atoms with Crippen LogP contribution in [-0.4, -0.2) is 77.0 Å². The van der Waals surface area contributed by atoms with Crippen LogP contribution in [-0.2, 0) is 4.79 Å². The number of nitrogens with one attached hydrogen (secondary N) is 2. The SMILES string of the molecule is CCN(CC)CCNC(=O)CC1CCN(C(=O)c2nnc(C(=O)Nc3ccccc3)s2)CC1. The van der Waals surface area contributed by atoms with Crippen molar-refractivity contribution in [1.82, 2.24) is 25.3 Å². The van der Waals surface area contributed by atoms with Crippen LogP contribution in [0.3, 0.4) is 0 Å². The second-order valence-electron chi connectivity index (χ2n) is 8.05. The second kappa shape index (κ2) is 12.4. The van der Waals surface area contributed by atoms with Gasteiger partial charge in [-0.05, 0) is 44.0 Å². The molecule has 0 aliphatic carbocycles. The molecule has 0 spiro atoms. The summed E-state index contributed by atoms with van der Waals surface area (Å²) < 4.78 is 0. The van der Waals surface area contributed by atoms with Crippen molar-refractivity contribution >= 4 is 34.7 Å². The molecule has 10 heteroatoms. The first-order valence-electron chi connectivity index (χ1n) is 11.5. The van der Waals surface area contributed by atoms with E-state index in [4.69, 9.17) is 0 Å². The molecule has 1 aromatic carbocycles. The molecule has 0 bridgehead atoms. The Morgan fingerprint density at radius 3 is 2.39 bits per heavy atom. The fourth-order valence-electron chi connectivity index (χ4n) is 3.81. The van der Waals surface area contributed by atoms with E-state index in [9.17, 15) is 14.4 Å². The molecule has 178 valence electrons. The number of anilines is 1. The summed E-state index contributed by atoms with van der Waals surface area (Å²) >= 11 is 0.995. The Morgan fingerprint density at radius 2 is 1.73 bits per heavy atom. The number of likely N-dealkylation sites (N-methyl/N-ethyl adjacent to an activating group) is 1. The van der Waals surface area contributed by atoms with Gasteiger partial charge in [-0.25, -0.2) is 0 Å². The van der Waals surface area contributed by atoms with Gasteiger partial charge < -0.3 is 20.4 Å². The zero-order valence-electron chi connectivity index (χ0n) is 19.2. The standard InChI is InChI=1S/C23H32N6O3S/c1-3-28(4-2)15-12-24-19(30)16-17-10-13-29(14-11-17)23(32)22-27-26-21(33-22)20(31)25-18-8-6-5-7-9-18/h5-9,17H,3-4,10-16H2,1-2H3,(H,24,30)(H,25,31). The molecule has 1 aliphatic rings. The molecule has 9 nitrogen and oxygen atoms in total. The monoisotopic (exact) mass is 472 g/mol. The van der Waals surface area contributed by atoms with Crippen molar-refractivity contribution in [2.45, 2.75) is 33.1 Å². The fourth-order valence-corrected chi connectivity index (χ4v) is 4.52. The van der Waals surface area contributed by atoms with E-state index in [1.807, 2.05) is 18.2 Å². The third kappa shape index (κ3) is 7.33. The molecule has 1 fully saturated rings. The van der Waals surface area contributed by atoms with Gasteiger partial charge >= 0.3 is 0 Å².